The van der Waals surface area contributed by atoms with E-state index in [1.165, 1.54) is 6.33 Å². The van der Waals surface area contributed by atoms with Gasteiger partial charge in [-0.2, -0.15) is 0 Å². The van der Waals surface area contributed by atoms with Gasteiger partial charge in [0, 0.05) is 38.2 Å². The number of unbranched alkanes of at least 4 members (excludes halogenated alkanes) is 1. The Bertz CT molecular complexity index is 723. The Morgan fingerprint density at radius 2 is 2.04 bits per heavy atom. The van der Waals surface area contributed by atoms with Crippen molar-refractivity contribution in [3.8, 4) is 11.6 Å². The molecule has 0 radical (unpaired) electrons. The van der Waals surface area contributed by atoms with Crippen LogP contribution in [0.25, 0.3) is 0 Å². The SMILES string of the molecule is CCCCC(=O)N1CCN(c2cc(Oc3ccccc3)ncn2)C[C@H]1C. The van der Waals surface area contributed by atoms with E-state index in [0.29, 0.717) is 12.3 Å². The molecule has 1 amide bonds. The van der Waals surface area contributed by atoms with Gasteiger partial charge in [-0.3, -0.25) is 4.79 Å². The van der Waals surface area contributed by atoms with Gasteiger partial charge in [-0.05, 0) is 25.5 Å². The van der Waals surface area contributed by atoms with E-state index in [9.17, 15) is 4.79 Å². The van der Waals surface area contributed by atoms with E-state index < -0.39 is 0 Å². The van der Waals surface area contributed by atoms with Crippen molar-refractivity contribution in [3.63, 3.8) is 0 Å². The number of hydrogen-bond acceptors (Lipinski definition) is 5. The topological polar surface area (TPSA) is 58.6 Å². The second-order valence-corrected chi connectivity index (χ2v) is 6.62. The Balaban J connectivity index is 1.63. The fourth-order valence-corrected chi connectivity index (χ4v) is 3.18. The average molecular weight is 354 g/mol. The standard InChI is InChI=1S/C20H26N4O2/c1-3-4-10-20(25)24-12-11-23(14-16(24)2)18-13-19(22-15-21-18)26-17-8-6-5-7-9-17/h5-9,13,15-16H,3-4,10-12,14H2,1-2H3/t16-/m1/s1. The number of amides is 1. The van der Waals surface area contributed by atoms with E-state index in [0.717, 1.165) is 44.0 Å². The van der Waals surface area contributed by atoms with Crippen LogP contribution in [-0.4, -0.2) is 46.5 Å². The van der Waals surface area contributed by atoms with Gasteiger partial charge in [0.15, 0.2) is 0 Å². The number of para-hydroxylation sites is 1. The summed E-state index contributed by atoms with van der Waals surface area (Å²) in [5.74, 6) is 2.36. The molecule has 6 heteroatoms. The summed E-state index contributed by atoms with van der Waals surface area (Å²) < 4.78 is 5.80. The number of aromatic nitrogens is 2. The van der Waals surface area contributed by atoms with Crippen molar-refractivity contribution < 1.29 is 9.53 Å². The third-order valence-electron chi connectivity index (χ3n) is 4.61. The zero-order valence-electron chi connectivity index (χ0n) is 15.5. The normalized spacial score (nSPS) is 17.2. The fourth-order valence-electron chi connectivity index (χ4n) is 3.18. The number of hydrogen-bond donors (Lipinski definition) is 0. The predicted molar refractivity (Wildman–Crippen MR) is 101 cm³/mol. The smallest absolute Gasteiger partial charge is 0.224 e. The molecule has 1 aromatic carbocycles. The summed E-state index contributed by atoms with van der Waals surface area (Å²) in [7, 11) is 0. The minimum atomic E-state index is 0.168. The molecular formula is C20H26N4O2. The third kappa shape index (κ3) is 4.50. The van der Waals surface area contributed by atoms with Gasteiger partial charge in [-0.1, -0.05) is 31.5 Å². The molecule has 1 saturated heterocycles. The van der Waals surface area contributed by atoms with E-state index in [1.807, 2.05) is 41.3 Å². The molecule has 0 unspecified atom stereocenters. The maximum atomic E-state index is 12.3. The van der Waals surface area contributed by atoms with Gasteiger partial charge in [0.05, 0.1) is 0 Å². The van der Waals surface area contributed by atoms with Crippen molar-refractivity contribution in [1.82, 2.24) is 14.9 Å². The van der Waals surface area contributed by atoms with Crippen LogP contribution in [0.5, 0.6) is 11.6 Å². The molecule has 6 nitrogen and oxygen atoms in total. The quantitative estimate of drug-likeness (QED) is 0.795. The summed E-state index contributed by atoms with van der Waals surface area (Å²) in [4.78, 5) is 25.1. The highest BCUT2D eigenvalue weighted by Crippen LogP contribution is 2.24. The Kier molecular flexibility index (Phi) is 6.04. The minimum Gasteiger partial charge on any atom is -0.439 e. The zero-order chi connectivity index (χ0) is 18.4. The van der Waals surface area contributed by atoms with Crippen molar-refractivity contribution in [2.75, 3.05) is 24.5 Å². The number of benzene rings is 1. The Morgan fingerprint density at radius 3 is 2.77 bits per heavy atom. The first kappa shape index (κ1) is 18.2. The van der Waals surface area contributed by atoms with Gasteiger partial charge in [0.25, 0.3) is 0 Å². The van der Waals surface area contributed by atoms with Crippen LogP contribution in [0.15, 0.2) is 42.7 Å². The zero-order valence-corrected chi connectivity index (χ0v) is 15.5. The number of anilines is 1. The number of ether oxygens (including phenoxy) is 1. The second-order valence-electron chi connectivity index (χ2n) is 6.62. The Hall–Kier alpha value is -2.63. The van der Waals surface area contributed by atoms with E-state index in [4.69, 9.17) is 4.74 Å². The molecule has 0 saturated carbocycles. The fraction of sp³-hybridized carbons (Fsp3) is 0.450. The minimum absolute atomic E-state index is 0.168. The van der Waals surface area contributed by atoms with E-state index >= 15 is 0 Å². The lowest BCUT2D eigenvalue weighted by Crippen LogP contribution is -2.54. The Labute approximate surface area is 154 Å². The summed E-state index contributed by atoms with van der Waals surface area (Å²) in [5, 5.41) is 0. The first-order valence-corrected chi connectivity index (χ1v) is 9.26. The van der Waals surface area contributed by atoms with E-state index in [-0.39, 0.29) is 11.9 Å². The number of nitrogens with zero attached hydrogens (tertiary/aromatic N) is 4. The molecular weight excluding hydrogens is 328 g/mol. The van der Waals surface area contributed by atoms with Gasteiger partial charge in [0.1, 0.15) is 17.9 Å². The van der Waals surface area contributed by atoms with Crippen molar-refractivity contribution in [2.24, 2.45) is 0 Å². The molecule has 1 fully saturated rings. The number of rotatable bonds is 6. The molecule has 1 aliphatic heterocycles. The van der Waals surface area contributed by atoms with Gasteiger partial charge in [-0.15, -0.1) is 0 Å². The molecule has 26 heavy (non-hydrogen) atoms. The third-order valence-corrected chi connectivity index (χ3v) is 4.61. The average Bonchev–Trinajstić information content (AvgIpc) is 2.67. The first-order valence-electron chi connectivity index (χ1n) is 9.26. The van der Waals surface area contributed by atoms with Crippen molar-refractivity contribution in [2.45, 2.75) is 39.2 Å². The van der Waals surface area contributed by atoms with Crippen LogP contribution in [0.2, 0.25) is 0 Å². The molecule has 0 aliphatic carbocycles. The van der Waals surface area contributed by atoms with Gasteiger partial charge < -0.3 is 14.5 Å². The van der Waals surface area contributed by atoms with Crippen LogP contribution in [-0.2, 0) is 4.79 Å². The van der Waals surface area contributed by atoms with Crippen LogP contribution in [0.3, 0.4) is 0 Å². The molecule has 1 aliphatic rings. The van der Waals surface area contributed by atoms with E-state index in [2.05, 4.69) is 28.7 Å². The molecule has 2 aromatic rings. The summed E-state index contributed by atoms with van der Waals surface area (Å²) >= 11 is 0. The predicted octanol–water partition coefficient (Wildman–Crippen LogP) is 3.50. The Morgan fingerprint density at radius 1 is 1.23 bits per heavy atom. The number of piperazine rings is 1. The lowest BCUT2D eigenvalue weighted by Gasteiger charge is -2.40. The summed E-state index contributed by atoms with van der Waals surface area (Å²) in [6.07, 6.45) is 4.17. The van der Waals surface area contributed by atoms with Crippen molar-refractivity contribution in [1.29, 1.82) is 0 Å². The van der Waals surface area contributed by atoms with Crippen LogP contribution in [0, 0.1) is 0 Å². The highest BCUT2D eigenvalue weighted by Gasteiger charge is 2.27. The molecule has 0 N–H and O–H groups in total. The lowest BCUT2D eigenvalue weighted by molar-refractivity contribution is -0.133. The molecule has 1 atom stereocenters. The highest BCUT2D eigenvalue weighted by atomic mass is 16.5. The van der Waals surface area contributed by atoms with Gasteiger partial charge in [0.2, 0.25) is 11.8 Å². The summed E-state index contributed by atoms with van der Waals surface area (Å²) in [6.45, 7) is 6.46. The molecule has 2 heterocycles. The molecule has 3 rings (SSSR count). The maximum absolute atomic E-state index is 12.3. The van der Waals surface area contributed by atoms with Gasteiger partial charge in [-0.25, -0.2) is 9.97 Å². The summed E-state index contributed by atoms with van der Waals surface area (Å²) in [6, 6.07) is 11.6. The van der Waals surface area contributed by atoms with Crippen LogP contribution >= 0.6 is 0 Å². The molecule has 1 aromatic heterocycles. The van der Waals surface area contributed by atoms with Crippen molar-refractivity contribution in [3.05, 3.63) is 42.7 Å². The van der Waals surface area contributed by atoms with Crippen LogP contribution < -0.4 is 9.64 Å². The lowest BCUT2D eigenvalue weighted by atomic mass is 10.1. The molecule has 0 bridgehead atoms. The molecule has 0 spiro atoms. The summed E-state index contributed by atoms with van der Waals surface area (Å²) in [5.41, 5.74) is 0. The van der Waals surface area contributed by atoms with Crippen LogP contribution in [0.4, 0.5) is 5.82 Å². The van der Waals surface area contributed by atoms with Gasteiger partial charge >= 0.3 is 0 Å². The molecule has 138 valence electrons. The first-order chi connectivity index (χ1) is 12.7. The second kappa shape index (κ2) is 8.65. The van der Waals surface area contributed by atoms with Crippen LogP contribution in [0.1, 0.15) is 33.1 Å². The van der Waals surface area contributed by atoms with E-state index in [1.54, 1.807) is 0 Å². The van der Waals surface area contributed by atoms with Crippen molar-refractivity contribution >= 4 is 11.7 Å². The largest absolute Gasteiger partial charge is 0.439 e. The number of carbonyl (C=O) groups is 1. The maximum Gasteiger partial charge on any atom is 0.224 e. The number of carbonyl (C=O) groups excluding carboxylic acids is 1. The highest BCUT2D eigenvalue weighted by molar-refractivity contribution is 5.76. The monoisotopic (exact) mass is 354 g/mol.